The number of hydrogen-bond donors (Lipinski definition) is 1. The first kappa shape index (κ1) is 19.8. The van der Waals surface area contributed by atoms with Crippen molar-refractivity contribution in [3.05, 3.63) is 29.6 Å². The van der Waals surface area contributed by atoms with Gasteiger partial charge in [0.2, 0.25) is 5.91 Å². The maximum absolute atomic E-state index is 12.8. The molecule has 0 spiro atoms. The summed E-state index contributed by atoms with van der Waals surface area (Å²) in [6.45, 7) is 5.44. The number of aromatic nitrogens is 1. The van der Waals surface area contributed by atoms with Crippen LogP contribution >= 0.6 is 0 Å². The van der Waals surface area contributed by atoms with E-state index in [0.29, 0.717) is 24.4 Å². The molecule has 1 aromatic rings. The Balaban J connectivity index is 1.67. The molecule has 0 bridgehead atoms. The summed E-state index contributed by atoms with van der Waals surface area (Å²) in [6, 6.07) is 3.75. The quantitative estimate of drug-likeness (QED) is 0.854. The maximum Gasteiger partial charge on any atom is 0.253 e. The summed E-state index contributed by atoms with van der Waals surface area (Å²) < 4.78 is 0. The molecule has 1 aromatic heterocycles. The van der Waals surface area contributed by atoms with Crippen molar-refractivity contribution in [3.8, 4) is 0 Å². The molecule has 1 saturated carbocycles. The molecular weight excluding hydrogens is 338 g/mol. The van der Waals surface area contributed by atoms with Crippen LogP contribution in [0.5, 0.6) is 0 Å². The molecule has 1 aliphatic carbocycles. The van der Waals surface area contributed by atoms with Gasteiger partial charge in [-0.2, -0.15) is 0 Å². The van der Waals surface area contributed by atoms with Gasteiger partial charge in [0.05, 0.1) is 11.3 Å². The van der Waals surface area contributed by atoms with E-state index in [4.69, 9.17) is 0 Å². The van der Waals surface area contributed by atoms with Gasteiger partial charge in [0.25, 0.3) is 5.91 Å². The van der Waals surface area contributed by atoms with Gasteiger partial charge in [-0.05, 0) is 57.6 Å². The molecule has 0 unspecified atom stereocenters. The number of nitrogens with one attached hydrogen (secondary N) is 1. The number of pyridine rings is 1. The van der Waals surface area contributed by atoms with Gasteiger partial charge in [-0.3, -0.25) is 14.6 Å². The highest BCUT2D eigenvalue weighted by Crippen LogP contribution is 2.31. The summed E-state index contributed by atoms with van der Waals surface area (Å²) >= 11 is 0. The van der Waals surface area contributed by atoms with Gasteiger partial charge in [0, 0.05) is 37.7 Å². The zero-order chi connectivity index (χ0) is 19.2. The van der Waals surface area contributed by atoms with E-state index < -0.39 is 0 Å². The Bertz CT molecular complexity index is 653. The van der Waals surface area contributed by atoms with Crippen molar-refractivity contribution in [3.63, 3.8) is 0 Å². The Kier molecular flexibility index (Phi) is 6.86. The van der Waals surface area contributed by atoms with Gasteiger partial charge in [0.15, 0.2) is 0 Å². The lowest BCUT2D eigenvalue weighted by Crippen LogP contribution is -2.41. The van der Waals surface area contributed by atoms with Crippen LogP contribution in [0.25, 0.3) is 0 Å². The standard InChI is InChI=1S/C22H33N3O2/c1-16(2)24-22(27)19-11-6-12-23-21(19)18-10-7-13-25(15-18)20(26)14-17-8-4-3-5-9-17/h6,11-12,16-18H,3-5,7-10,13-15H2,1-2H3,(H,24,27)/t18-/m0/s1. The lowest BCUT2D eigenvalue weighted by atomic mass is 9.86. The molecule has 5 nitrogen and oxygen atoms in total. The Morgan fingerprint density at radius 3 is 2.70 bits per heavy atom. The molecule has 2 amide bonds. The Morgan fingerprint density at radius 1 is 1.19 bits per heavy atom. The van der Waals surface area contributed by atoms with Crippen molar-refractivity contribution >= 4 is 11.8 Å². The molecule has 1 atom stereocenters. The van der Waals surface area contributed by atoms with Gasteiger partial charge in [-0.1, -0.05) is 19.3 Å². The SMILES string of the molecule is CC(C)NC(=O)c1cccnc1[C@H]1CCCN(C(=O)CC2CCCCC2)C1. The number of carbonyl (C=O) groups excluding carboxylic acids is 2. The maximum atomic E-state index is 12.8. The minimum atomic E-state index is -0.0706. The van der Waals surface area contributed by atoms with Gasteiger partial charge < -0.3 is 10.2 Å². The molecule has 1 aliphatic heterocycles. The number of rotatable bonds is 5. The van der Waals surface area contributed by atoms with Crippen LogP contribution in [0.15, 0.2) is 18.3 Å². The minimum absolute atomic E-state index is 0.0706. The third kappa shape index (κ3) is 5.30. The number of nitrogens with zero attached hydrogens (tertiary/aromatic N) is 2. The predicted octanol–water partition coefficient (Wildman–Crippen LogP) is 3.90. The molecule has 2 aliphatic rings. The van der Waals surface area contributed by atoms with Crippen molar-refractivity contribution in [2.24, 2.45) is 5.92 Å². The minimum Gasteiger partial charge on any atom is -0.350 e. The van der Waals surface area contributed by atoms with Gasteiger partial charge in [0.1, 0.15) is 0 Å². The first-order valence-corrected chi connectivity index (χ1v) is 10.6. The van der Waals surface area contributed by atoms with Gasteiger partial charge in [-0.15, -0.1) is 0 Å². The number of carbonyl (C=O) groups is 2. The molecule has 5 heteroatoms. The lowest BCUT2D eigenvalue weighted by molar-refractivity contribution is -0.133. The zero-order valence-corrected chi connectivity index (χ0v) is 16.7. The normalized spacial score (nSPS) is 21.3. The van der Waals surface area contributed by atoms with E-state index in [1.807, 2.05) is 30.9 Å². The van der Waals surface area contributed by atoms with Gasteiger partial charge >= 0.3 is 0 Å². The number of hydrogen-bond acceptors (Lipinski definition) is 3. The van der Waals surface area contributed by atoms with Crippen LogP contribution in [0.4, 0.5) is 0 Å². The number of piperidine rings is 1. The van der Waals surface area contributed by atoms with E-state index >= 15 is 0 Å². The Labute approximate surface area is 162 Å². The summed E-state index contributed by atoms with van der Waals surface area (Å²) in [4.78, 5) is 32.0. The smallest absolute Gasteiger partial charge is 0.253 e. The van der Waals surface area contributed by atoms with Crippen molar-refractivity contribution in [2.45, 2.75) is 77.2 Å². The number of likely N-dealkylation sites (tertiary alicyclic amines) is 1. The summed E-state index contributed by atoms with van der Waals surface area (Å²) in [7, 11) is 0. The number of amides is 2. The van der Waals surface area contributed by atoms with E-state index in [1.165, 1.54) is 32.1 Å². The molecule has 1 N–H and O–H groups in total. The highest BCUT2D eigenvalue weighted by molar-refractivity contribution is 5.95. The van der Waals surface area contributed by atoms with E-state index in [2.05, 4.69) is 10.3 Å². The van der Waals surface area contributed by atoms with Crippen molar-refractivity contribution < 1.29 is 9.59 Å². The fourth-order valence-electron chi connectivity index (χ4n) is 4.47. The highest BCUT2D eigenvalue weighted by atomic mass is 16.2. The predicted molar refractivity (Wildman–Crippen MR) is 107 cm³/mol. The zero-order valence-electron chi connectivity index (χ0n) is 16.7. The largest absolute Gasteiger partial charge is 0.350 e. The molecule has 2 heterocycles. The van der Waals surface area contributed by atoms with E-state index in [1.54, 1.807) is 6.20 Å². The van der Waals surface area contributed by atoms with Crippen molar-refractivity contribution in [2.75, 3.05) is 13.1 Å². The summed E-state index contributed by atoms with van der Waals surface area (Å²) in [6.07, 6.45) is 10.6. The molecule has 148 valence electrons. The molecule has 1 saturated heterocycles. The van der Waals surface area contributed by atoms with Crippen LogP contribution in [0, 0.1) is 5.92 Å². The third-order valence-corrected chi connectivity index (χ3v) is 5.85. The van der Waals surface area contributed by atoms with Crippen molar-refractivity contribution in [1.82, 2.24) is 15.2 Å². The molecular formula is C22H33N3O2. The molecule has 27 heavy (non-hydrogen) atoms. The second kappa shape index (κ2) is 9.34. The molecule has 0 radical (unpaired) electrons. The first-order chi connectivity index (χ1) is 13.0. The van der Waals surface area contributed by atoms with Crippen LogP contribution in [0.1, 0.15) is 87.2 Å². The van der Waals surface area contributed by atoms with Crippen molar-refractivity contribution in [1.29, 1.82) is 0 Å². The Morgan fingerprint density at radius 2 is 1.96 bits per heavy atom. The van der Waals surface area contributed by atoms with Crippen LogP contribution in [-0.2, 0) is 4.79 Å². The Hall–Kier alpha value is -1.91. The molecule has 3 rings (SSSR count). The van der Waals surface area contributed by atoms with Crippen LogP contribution in [-0.4, -0.2) is 40.8 Å². The first-order valence-electron chi connectivity index (χ1n) is 10.6. The monoisotopic (exact) mass is 371 g/mol. The van der Waals surface area contributed by atoms with E-state index in [0.717, 1.165) is 25.1 Å². The van der Waals surface area contributed by atoms with Gasteiger partial charge in [-0.25, -0.2) is 0 Å². The summed E-state index contributed by atoms with van der Waals surface area (Å²) in [5.41, 5.74) is 1.49. The summed E-state index contributed by atoms with van der Waals surface area (Å²) in [5, 5.41) is 2.97. The van der Waals surface area contributed by atoms with Crippen LogP contribution in [0.3, 0.4) is 0 Å². The van der Waals surface area contributed by atoms with Crippen LogP contribution in [0.2, 0.25) is 0 Å². The van der Waals surface area contributed by atoms with Crippen LogP contribution < -0.4 is 5.32 Å². The van der Waals surface area contributed by atoms with E-state index in [9.17, 15) is 9.59 Å². The average molecular weight is 372 g/mol. The fourth-order valence-corrected chi connectivity index (χ4v) is 4.47. The van der Waals surface area contributed by atoms with E-state index in [-0.39, 0.29) is 23.8 Å². The molecule has 2 fully saturated rings. The second-order valence-corrected chi connectivity index (χ2v) is 8.45. The third-order valence-electron chi connectivity index (χ3n) is 5.85. The lowest BCUT2D eigenvalue weighted by Gasteiger charge is -2.34. The highest BCUT2D eigenvalue weighted by Gasteiger charge is 2.29. The fraction of sp³-hybridized carbons (Fsp3) is 0.682. The summed E-state index contributed by atoms with van der Waals surface area (Å²) in [5.74, 6) is 0.923. The average Bonchev–Trinajstić information content (AvgIpc) is 2.68. The second-order valence-electron chi connectivity index (χ2n) is 8.45. The molecule has 0 aromatic carbocycles. The topological polar surface area (TPSA) is 62.3 Å².